The summed E-state index contributed by atoms with van der Waals surface area (Å²) in [6.07, 6.45) is 4.86. The van der Waals surface area contributed by atoms with Gasteiger partial charge in [-0.2, -0.15) is 12.1 Å². The van der Waals surface area contributed by atoms with E-state index in [9.17, 15) is 0 Å². The number of aromatic nitrogens is 5. The van der Waals surface area contributed by atoms with Gasteiger partial charge in [0.25, 0.3) is 0 Å². The molecular formula is C58H42N7OPt-3. The van der Waals surface area contributed by atoms with Crippen molar-refractivity contribution in [1.82, 2.24) is 23.7 Å². The summed E-state index contributed by atoms with van der Waals surface area (Å²) < 4.78 is 65.7. The van der Waals surface area contributed by atoms with Crippen LogP contribution in [0.1, 0.15) is 33.1 Å². The molecule has 0 atom stereocenters. The number of benzene rings is 7. The number of ether oxygens (including phenoxy) is 1. The molecule has 0 saturated heterocycles. The van der Waals surface area contributed by atoms with Gasteiger partial charge in [-0.05, 0) is 65.0 Å². The van der Waals surface area contributed by atoms with E-state index < -0.39 is 19.1 Å². The van der Waals surface area contributed by atoms with E-state index in [0.717, 1.165) is 55.6 Å². The van der Waals surface area contributed by atoms with Gasteiger partial charge >= 0.3 is 0 Å². The van der Waals surface area contributed by atoms with E-state index in [1.807, 2.05) is 47.0 Å². The van der Waals surface area contributed by atoms with Gasteiger partial charge in [-0.25, -0.2) is 4.98 Å². The molecule has 1 aliphatic heterocycles. The molecule has 7 aromatic carbocycles. The number of fused-ring (bicyclic) bond motifs is 10. The van der Waals surface area contributed by atoms with Gasteiger partial charge in [0.1, 0.15) is 5.82 Å². The molecule has 0 saturated carbocycles. The Morgan fingerprint density at radius 2 is 1.22 bits per heavy atom. The summed E-state index contributed by atoms with van der Waals surface area (Å²) >= 11 is 0. The van der Waals surface area contributed by atoms with Crippen molar-refractivity contribution in [2.75, 3.05) is 9.80 Å². The van der Waals surface area contributed by atoms with Gasteiger partial charge in [0.05, 0.1) is 28.4 Å². The van der Waals surface area contributed by atoms with Crippen LogP contribution in [0.2, 0.25) is 0 Å². The molecule has 67 heavy (non-hydrogen) atoms. The molecule has 0 spiro atoms. The number of hydrogen-bond donors (Lipinski definition) is 0. The molecule has 0 radical (unpaired) electrons. The maximum absolute atomic E-state index is 8.78. The molecular weight excluding hydrogens is 1010 g/mol. The van der Waals surface area contributed by atoms with Crippen LogP contribution in [0.25, 0.3) is 71.2 Å². The summed E-state index contributed by atoms with van der Waals surface area (Å²) in [4.78, 5) is 13.6. The third-order valence-corrected chi connectivity index (χ3v) is 13.2. The van der Waals surface area contributed by atoms with Gasteiger partial charge in [0.2, 0.25) is 0 Å². The predicted molar refractivity (Wildman–Crippen MR) is 269 cm³/mol. The van der Waals surface area contributed by atoms with Gasteiger partial charge in [-0.15, -0.1) is 48.1 Å². The Labute approximate surface area is 410 Å². The largest absolute Gasteiger partial charge is 0.509 e. The third kappa shape index (κ3) is 6.16. The molecule has 9 heteroatoms. The maximum Gasteiger partial charge on any atom is 0.135 e. The van der Waals surface area contributed by atoms with Crippen molar-refractivity contribution in [2.24, 2.45) is 14.1 Å². The van der Waals surface area contributed by atoms with Crippen LogP contribution >= 0.6 is 0 Å². The van der Waals surface area contributed by atoms with Crippen LogP contribution in [-0.2, 0) is 40.6 Å². The van der Waals surface area contributed by atoms with Crippen LogP contribution in [0, 0.1) is 18.8 Å². The van der Waals surface area contributed by atoms with Crippen LogP contribution in [0.15, 0.2) is 176 Å². The van der Waals surface area contributed by atoms with E-state index >= 15 is 0 Å². The van der Waals surface area contributed by atoms with E-state index in [4.69, 9.17) is 17.9 Å². The van der Waals surface area contributed by atoms with Gasteiger partial charge in [0, 0.05) is 117 Å². The molecule has 13 rings (SSSR count). The minimum Gasteiger partial charge on any atom is -0.509 e. The van der Waals surface area contributed by atoms with Crippen LogP contribution in [-0.4, -0.2) is 23.7 Å². The molecule has 6 heterocycles. The Kier molecular flexibility index (Phi) is 8.00. The minimum atomic E-state index is -2.97. The fourth-order valence-corrected chi connectivity index (χ4v) is 10.1. The summed E-state index contributed by atoms with van der Waals surface area (Å²) in [7, 11) is 4.29. The van der Waals surface area contributed by atoms with Crippen molar-refractivity contribution in [1.29, 1.82) is 0 Å². The fourth-order valence-electron chi connectivity index (χ4n) is 10.1. The van der Waals surface area contributed by atoms with Gasteiger partial charge in [-0.1, -0.05) is 98.1 Å². The molecule has 0 N–H and O–H groups in total. The van der Waals surface area contributed by atoms with Crippen LogP contribution in [0.4, 0.5) is 22.7 Å². The number of pyridine rings is 2. The van der Waals surface area contributed by atoms with Gasteiger partial charge in [0.15, 0.2) is 0 Å². The average molecular weight is 1050 g/mol. The number of aryl methyl sites for hydroxylation is 2. The normalized spacial score (nSPS) is 14.5. The van der Waals surface area contributed by atoms with Crippen LogP contribution in [0.3, 0.4) is 0 Å². The van der Waals surface area contributed by atoms with Crippen LogP contribution < -0.4 is 14.5 Å². The molecule has 0 fully saturated rings. The van der Waals surface area contributed by atoms with E-state index in [2.05, 4.69) is 130 Å². The smallest absolute Gasteiger partial charge is 0.135 e. The van der Waals surface area contributed by atoms with Gasteiger partial charge in [-0.3, -0.25) is 4.98 Å². The number of hydrogen-bond acceptors (Lipinski definition) is 5. The number of anilines is 4. The zero-order valence-electron chi connectivity index (χ0n) is 42.2. The second-order valence-corrected chi connectivity index (χ2v) is 16.8. The second-order valence-electron chi connectivity index (χ2n) is 16.8. The number of nitrogens with zero attached hydrogens (tertiary/aromatic N) is 7. The van der Waals surface area contributed by atoms with Crippen molar-refractivity contribution in [3.63, 3.8) is 0 Å². The molecule has 0 bridgehead atoms. The third-order valence-electron chi connectivity index (χ3n) is 13.2. The standard InChI is InChI=1S/C58H42N7O.Pt/c1-58(2,37-15-6-5-7-16-37)38-27-30-60-54(31-38)65-52-33-41(25-26-44(52)45-28-29-59-35-53(45)65)66-40-18-14-17-39(32-40)63-36-64(51-24-13-12-23-50(51)63)57-55-46(42-19-8-10-21-48(42)61(55)3)34-47-43-20-9-11-22-49(43)62(4)56(47)57;/h5-31,34-36H,1-4H3;/q-3;/i1D3,2D3;. The van der Waals surface area contributed by atoms with Crippen molar-refractivity contribution < 1.29 is 34.0 Å². The second kappa shape index (κ2) is 15.5. The Bertz CT molecular complexity index is 4050. The van der Waals surface area contributed by atoms with Crippen molar-refractivity contribution in [2.45, 2.75) is 19.1 Å². The monoisotopic (exact) mass is 1050 g/mol. The molecule has 1 aliphatic rings. The molecule has 328 valence electrons. The zero-order valence-corrected chi connectivity index (χ0v) is 38.4. The first-order chi connectivity index (χ1) is 34.8. The molecule has 8 nitrogen and oxygen atoms in total. The zero-order chi connectivity index (χ0) is 49.3. The molecule has 5 aromatic heterocycles. The number of rotatable bonds is 7. The Morgan fingerprint density at radius 1 is 0.567 bits per heavy atom. The topological polar surface area (TPSA) is 56.3 Å². The van der Waals surface area contributed by atoms with E-state index in [0.29, 0.717) is 28.4 Å². The SMILES string of the molecule is [2H]C([2H])([2H])C(c1ccccc1)(c1ccnc(-n2c3[c-]c(Oc4[c-]c(N5[CH-]N(c6c7c(cc8c9ccccc9n(C)c68)c6ccccc6n7C)c6ccccc65)ccc4)ccc3c3ccncc32)c1)C([2H])([2H])[2H].[Pt]. The molecule has 12 aromatic rings. The van der Waals surface area contributed by atoms with Crippen molar-refractivity contribution in [3.05, 3.63) is 206 Å². The summed E-state index contributed by atoms with van der Waals surface area (Å²) in [5.41, 5.74) is 7.45. The molecule has 0 unspecified atom stereocenters. The Hall–Kier alpha value is -7.67. The summed E-state index contributed by atoms with van der Waals surface area (Å²) in [6, 6.07) is 57.6. The first kappa shape index (κ1) is 34.6. The van der Waals surface area contributed by atoms with Crippen molar-refractivity contribution >= 4 is 88.2 Å². The van der Waals surface area contributed by atoms with E-state index in [-0.39, 0.29) is 32.2 Å². The summed E-state index contributed by atoms with van der Waals surface area (Å²) in [6.45, 7) is -3.80. The Balaban J connectivity index is 0.00000543. The first-order valence-corrected chi connectivity index (χ1v) is 21.8. The van der Waals surface area contributed by atoms with Crippen molar-refractivity contribution in [3.8, 4) is 17.3 Å². The summed E-state index contributed by atoms with van der Waals surface area (Å²) in [5, 5.41) is 6.40. The Morgan fingerprint density at radius 3 is 1.96 bits per heavy atom. The number of para-hydroxylation sites is 4. The summed E-state index contributed by atoms with van der Waals surface area (Å²) in [5.74, 6) is 1.14. The fraction of sp³-hybridized carbons (Fsp3) is 0.0862. The minimum absolute atomic E-state index is 0. The first-order valence-electron chi connectivity index (χ1n) is 24.8. The van der Waals surface area contributed by atoms with Crippen LogP contribution in [0.5, 0.6) is 11.5 Å². The van der Waals surface area contributed by atoms with E-state index in [1.54, 1.807) is 48.8 Å². The molecule has 0 amide bonds. The molecule has 0 aliphatic carbocycles. The maximum atomic E-state index is 8.78. The van der Waals surface area contributed by atoms with Gasteiger partial charge < -0.3 is 28.2 Å². The average Bonchev–Trinajstić information content (AvgIpc) is 4.10. The predicted octanol–water partition coefficient (Wildman–Crippen LogP) is 14.0. The van der Waals surface area contributed by atoms with E-state index in [1.165, 1.54) is 33.8 Å². The quantitative estimate of drug-likeness (QED) is 0.149.